The Balaban J connectivity index is 1.71. The van der Waals surface area contributed by atoms with Crippen molar-refractivity contribution in [2.45, 2.75) is 31.2 Å². The lowest BCUT2D eigenvalue weighted by molar-refractivity contribution is 0.0893. The Morgan fingerprint density at radius 3 is 2.87 bits per heavy atom. The zero-order valence-electron chi connectivity index (χ0n) is 13.0. The van der Waals surface area contributed by atoms with Crippen molar-refractivity contribution in [3.63, 3.8) is 0 Å². The molecule has 0 bridgehead atoms. The molecule has 2 aromatic heterocycles. The predicted octanol–water partition coefficient (Wildman–Crippen LogP) is 2.76. The molecule has 0 unspecified atom stereocenters. The minimum Gasteiger partial charge on any atom is -0.351 e. The topological polar surface area (TPSA) is 73.0 Å². The van der Waals surface area contributed by atoms with Gasteiger partial charge in [-0.15, -0.1) is 0 Å². The number of carbonyl (C=O) groups is 1. The quantitative estimate of drug-likeness (QED) is 0.807. The molecule has 0 aliphatic heterocycles. The first-order valence-corrected chi connectivity index (χ1v) is 7.83. The summed E-state index contributed by atoms with van der Waals surface area (Å²) in [7, 11) is 1.97. The van der Waals surface area contributed by atoms with Crippen LogP contribution in [-0.4, -0.2) is 20.6 Å². The minimum atomic E-state index is -0.513. The van der Waals surface area contributed by atoms with E-state index in [9.17, 15) is 4.79 Å². The van der Waals surface area contributed by atoms with Crippen LogP contribution in [0.5, 0.6) is 0 Å². The van der Waals surface area contributed by atoms with Crippen LogP contribution >= 0.6 is 0 Å². The molecule has 0 atom stereocenters. The van der Waals surface area contributed by atoms with E-state index in [0.29, 0.717) is 11.4 Å². The summed E-state index contributed by atoms with van der Waals surface area (Å²) in [6, 6.07) is 7.75. The standard InChI is InChI=1S/C17H18N4O2/c1-21-10-7-12-13(5-4-6-14(12)21)15(22)19-17(8-2-3-9-17)16-18-11-23-20-16/h4-7,10-11H,2-3,8-9H2,1H3,(H,19,22). The highest BCUT2D eigenvalue weighted by Crippen LogP contribution is 2.37. The van der Waals surface area contributed by atoms with Crippen molar-refractivity contribution in [2.75, 3.05) is 0 Å². The molecule has 0 saturated heterocycles. The van der Waals surface area contributed by atoms with Crippen LogP contribution in [0.3, 0.4) is 0 Å². The van der Waals surface area contributed by atoms with E-state index in [1.807, 2.05) is 42.1 Å². The number of benzene rings is 1. The highest BCUT2D eigenvalue weighted by molar-refractivity contribution is 6.06. The number of nitrogens with one attached hydrogen (secondary N) is 1. The monoisotopic (exact) mass is 310 g/mol. The highest BCUT2D eigenvalue weighted by atomic mass is 16.5. The third kappa shape index (κ3) is 2.21. The fourth-order valence-electron chi connectivity index (χ4n) is 3.55. The van der Waals surface area contributed by atoms with Crippen LogP contribution in [0.25, 0.3) is 10.9 Å². The number of aryl methyl sites for hydroxylation is 1. The van der Waals surface area contributed by atoms with E-state index in [1.165, 1.54) is 6.39 Å². The third-order valence-corrected chi connectivity index (χ3v) is 4.77. The van der Waals surface area contributed by atoms with Gasteiger partial charge in [0.2, 0.25) is 6.39 Å². The molecule has 1 N–H and O–H groups in total. The molecule has 6 nitrogen and oxygen atoms in total. The predicted molar refractivity (Wildman–Crippen MR) is 84.8 cm³/mol. The lowest BCUT2D eigenvalue weighted by Crippen LogP contribution is -2.44. The molecule has 1 aromatic carbocycles. The molecule has 1 aliphatic carbocycles. The van der Waals surface area contributed by atoms with Crippen molar-refractivity contribution in [2.24, 2.45) is 7.05 Å². The van der Waals surface area contributed by atoms with Crippen LogP contribution in [0, 0.1) is 0 Å². The normalized spacial score (nSPS) is 16.7. The van der Waals surface area contributed by atoms with Gasteiger partial charge in [0.25, 0.3) is 5.91 Å². The van der Waals surface area contributed by atoms with Crippen LogP contribution in [0.2, 0.25) is 0 Å². The van der Waals surface area contributed by atoms with Gasteiger partial charge >= 0.3 is 0 Å². The summed E-state index contributed by atoms with van der Waals surface area (Å²) >= 11 is 0. The second-order valence-electron chi connectivity index (χ2n) is 6.16. The van der Waals surface area contributed by atoms with Crippen molar-refractivity contribution in [1.29, 1.82) is 0 Å². The van der Waals surface area contributed by atoms with Crippen molar-refractivity contribution in [3.05, 3.63) is 48.2 Å². The Bertz CT molecular complexity index is 845. The second kappa shape index (κ2) is 5.22. The fourth-order valence-corrected chi connectivity index (χ4v) is 3.55. The smallest absolute Gasteiger partial charge is 0.252 e. The van der Waals surface area contributed by atoms with Gasteiger partial charge in [0.1, 0.15) is 5.54 Å². The molecule has 118 valence electrons. The van der Waals surface area contributed by atoms with Gasteiger partial charge in [0.15, 0.2) is 5.82 Å². The van der Waals surface area contributed by atoms with Crippen LogP contribution < -0.4 is 5.32 Å². The van der Waals surface area contributed by atoms with E-state index in [2.05, 4.69) is 15.5 Å². The molecule has 2 heterocycles. The van der Waals surface area contributed by atoms with Gasteiger partial charge in [-0.2, -0.15) is 4.98 Å². The molecule has 1 amide bonds. The SMILES string of the molecule is Cn1ccc2c(C(=O)NC3(c4ncon4)CCCC3)cccc21. The molecule has 4 rings (SSSR count). The zero-order valence-corrected chi connectivity index (χ0v) is 13.0. The first-order chi connectivity index (χ1) is 11.2. The van der Waals surface area contributed by atoms with Gasteiger partial charge in [0, 0.05) is 29.7 Å². The van der Waals surface area contributed by atoms with Gasteiger partial charge in [-0.1, -0.05) is 24.1 Å². The largest absolute Gasteiger partial charge is 0.351 e. The fraction of sp³-hybridized carbons (Fsp3) is 0.353. The highest BCUT2D eigenvalue weighted by Gasteiger charge is 2.41. The molecule has 3 aromatic rings. The van der Waals surface area contributed by atoms with Gasteiger partial charge in [-0.3, -0.25) is 4.79 Å². The third-order valence-electron chi connectivity index (χ3n) is 4.77. The Morgan fingerprint density at radius 1 is 1.30 bits per heavy atom. The van der Waals surface area contributed by atoms with Crippen LogP contribution in [-0.2, 0) is 12.6 Å². The summed E-state index contributed by atoms with van der Waals surface area (Å²) in [6.07, 6.45) is 7.05. The number of nitrogens with zero attached hydrogens (tertiary/aromatic N) is 3. The van der Waals surface area contributed by atoms with E-state index < -0.39 is 5.54 Å². The van der Waals surface area contributed by atoms with E-state index in [0.717, 1.165) is 36.6 Å². The summed E-state index contributed by atoms with van der Waals surface area (Å²) in [5, 5.41) is 8.11. The van der Waals surface area contributed by atoms with Crippen molar-refractivity contribution < 1.29 is 9.32 Å². The molecule has 0 spiro atoms. The lowest BCUT2D eigenvalue weighted by Gasteiger charge is -2.26. The lowest BCUT2D eigenvalue weighted by atomic mass is 9.95. The first-order valence-electron chi connectivity index (χ1n) is 7.83. The molecule has 6 heteroatoms. The molecular weight excluding hydrogens is 292 g/mol. The summed E-state index contributed by atoms with van der Waals surface area (Å²) in [5.74, 6) is 0.483. The van der Waals surface area contributed by atoms with Crippen LogP contribution in [0.4, 0.5) is 0 Å². The van der Waals surface area contributed by atoms with Gasteiger partial charge in [0.05, 0.1) is 0 Å². The number of fused-ring (bicyclic) bond motifs is 1. The maximum Gasteiger partial charge on any atom is 0.252 e. The Hall–Kier alpha value is -2.63. The van der Waals surface area contributed by atoms with Gasteiger partial charge < -0.3 is 14.4 Å². The summed E-state index contributed by atoms with van der Waals surface area (Å²) in [4.78, 5) is 17.1. The molecular formula is C17H18N4O2. The summed E-state index contributed by atoms with van der Waals surface area (Å²) in [5.41, 5.74) is 1.21. The summed E-state index contributed by atoms with van der Waals surface area (Å²) < 4.78 is 6.91. The summed E-state index contributed by atoms with van der Waals surface area (Å²) in [6.45, 7) is 0. The Labute approximate surface area is 133 Å². The Kier molecular flexibility index (Phi) is 3.18. The number of aromatic nitrogens is 3. The van der Waals surface area contributed by atoms with E-state index >= 15 is 0 Å². The van der Waals surface area contributed by atoms with Gasteiger partial charge in [-0.05, 0) is 31.0 Å². The van der Waals surface area contributed by atoms with Crippen LogP contribution in [0.1, 0.15) is 41.9 Å². The molecule has 23 heavy (non-hydrogen) atoms. The van der Waals surface area contributed by atoms with Crippen molar-refractivity contribution in [1.82, 2.24) is 20.0 Å². The van der Waals surface area contributed by atoms with Crippen LogP contribution in [0.15, 0.2) is 41.4 Å². The Morgan fingerprint density at radius 2 is 2.13 bits per heavy atom. The molecule has 0 radical (unpaired) electrons. The minimum absolute atomic E-state index is 0.0894. The maximum atomic E-state index is 12.9. The molecule has 1 saturated carbocycles. The zero-order chi connectivity index (χ0) is 15.9. The number of carbonyl (C=O) groups excluding carboxylic acids is 1. The van der Waals surface area contributed by atoms with Crippen molar-refractivity contribution >= 4 is 16.8 Å². The van der Waals surface area contributed by atoms with E-state index in [-0.39, 0.29) is 5.91 Å². The first kappa shape index (κ1) is 14.0. The average Bonchev–Trinajstić information content (AvgIpc) is 3.28. The number of hydrogen-bond donors (Lipinski definition) is 1. The van der Waals surface area contributed by atoms with E-state index in [1.54, 1.807) is 0 Å². The average molecular weight is 310 g/mol. The number of amides is 1. The molecule has 1 fully saturated rings. The second-order valence-corrected chi connectivity index (χ2v) is 6.16. The number of hydrogen-bond acceptors (Lipinski definition) is 4. The maximum absolute atomic E-state index is 12.9. The van der Waals surface area contributed by atoms with Gasteiger partial charge in [-0.25, -0.2) is 0 Å². The number of rotatable bonds is 3. The van der Waals surface area contributed by atoms with E-state index in [4.69, 9.17) is 4.52 Å². The van der Waals surface area contributed by atoms with Crippen molar-refractivity contribution in [3.8, 4) is 0 Å². The molecule has 1 aliphatic rings.